The Morgan fingerprint density at radius 2 is 2.00 bits per heavy atom. The highest BCUT2D eigenvalue weighted by Gasteiger charge is 2.19. The Hall–Kier alpha value is -1.42. The Balaban J connectivity index is 2.61. The van der Waals surface area contributed by atoms with Crippen LogP contribution in [0, 0.1) is 0 Å². The SMILES string of the molecule is CSC(C)(C)Cn1c(N)cc2ccccc2c1=O. The highest BCUT2D eigenvalue weighted by molar-refractivity contribution is 7.99. The number of thioether (sulfide) groups is 1. The first kappa shape index (κ1) is 13.0. The van der Waals surface area contributed by atoms with Crippen LogP contribution in [-0.4, -0.2) is 15.6 Å². The second-order valence-corrected chi connectivity index (χ2v) is 6.52. The van der Waals surface area contributed by atoms with E-state index in [2.05, 4.69) is 13.8 Å². The van der Waals surface area contributed by atoms with Crippen LogP contribution >= 0.6 is 11.8 Å². The molecule has 96 valence electrons. The third kappa shape index (κ3) is 2.38. The van der Waals surface area contributed by atoms with Crippen LogP contribution in [0.3, 0.4) is 0 Å². The van der Waals surface area contributed by atoms with Gasteiger partial charge < -0.3 is 5.73 Å². The molecule has 0 aliphatic rings. The molecule has 1 heterocycles. The summed E-state index contributed by atoms with van der Waals surface area (Å²) in [5.74, 6) is 0.529. The number of anilines is 1. The second-order valence-electron chi connectivity index (χ2n) is 5.01. The molecule has 0 aliphatic carbocycles. The van der Waals surface area contributed by atoms with Crippen LogP contribution < -0.4 is 11.3 Å². The van der Waals surface area contributed by atoms with Gasteiger partial charge in [0.2, 0.25) is 0 Å². The molecule has 2 N–H and O–H groups in total. The maximum Gasteiger partial charge on any atom is 0.260 e. The van der Waals surface area contributed by atoms with Crippen LogP contribution in [0.15, 0.2) is 35.1 Å². The molecule has 0 amide bonds. The number of pyridine rings is 1. The van der Waals surface area contributed by atoms with Gasteiger partial charge in [0.25, 0.3) is 5.56 Å². The molecule has 0 fully saturated rings. The van der Waals surface area contributed by atoms with E-state index < -0.39 is 0 Å². The van der Waals surface area contributed by atoms with Gasteiger partial charge in [-0.15, -0.1) is 0 Å². The fourth-order valence-electron chi connectivity index (χ4n) is 1.93. The summed E-state index contributed by atoms with van der Waals surface area (Å²) in [6, 6.07) is 9.42. The third-order valence-corrected chi connectivity index (χ3v) is 4.38. The number of fused-ring (bicyclic) bond motifs is 1. The largest absolute Gasteiger partial charge is 0.385 e. The number of hydrogen-bond acceptors (Lipinski definition) is 3. The fraction of sp³-hybridized carbons (Fsp3) is 0.357. The van der Waals surface area contributed by atoms with Crippen molar-refractivity contribution >= 4 is 28.4 Å². The van der Waals surface area contributed by atoms with Gasteiger partial charge in [0.15, 0.2) is 0 Å². The summed E-state index contributed by atoms with van der Waals surface area (Å²) in [5.41, 5.74) is 6.00. The molecule has 0 saturated carbocycles. The van der Waals surface area contributed by atoms with E-state index in [4.69, 9.17) is 5.73 Å². The lowest BCUT2D eigenvalue weighted by Gasteiger charge is -2.24. The first-order chi connectivity index (χ1) is 8.44. The zero-order chi connectivity index (χ0) is 13.3. The molecule has 0 bridgehead atoms. The fourth-order valence-corrected chi connectivity index (χ4v) is 2.18. The summed E-state index contributed by atoms with van der Waals surface area (Å²) in [7, 11) is 0. The van der Waals surface area contributed by atoms with E-state index in [0.717, 1.165) is 10.8 Å². The van der Waals surface area contributed by atoms with Gasteiger partial charge in [0.05, 0.1) is 0 Å². The number of hydrogen-bond donors (Lipinski definition) is 1. The topological polar surface area (TPSA) is 48.0 Å². The van der Waals surface area contributed by atoms with Crippen molar-refractivity contribution in [3.63, 3.8) is 0 Å². The molecule has 1 aromatic carbocycles. The Labute approximate surface area is 111 Å². The number of nitrogens with zero attached hydrogens (tertiary/aromatic N) is 1. The average Bonchev–Trinajstić information content (AvgIpc) is 2.34. The van der Waals surface area contributed by atoms with E-state index in [9.17, 15) is 4.79 Å². The van der Waals surface area contributed by atoms with Gasteiger partial charge >= 0.3 is 0 Å². The summed E-state index contributed by atoms with van der Waals surface area (Å²) < 4.78 is 1.65. The molecule has 18 heavy (non-hydrogen) atoms. The smallest absolute Gasteiger partial charge is 0.260 e. The molecule has 0 atom stereocenters. The van der Waals surface area contributed by atoms with Gasteiger partial charge in [-0.3, -0.25) is 9.36 Å². The molecular weight excluding hydrogens is 244 g/mol. The number of nitrogen functional groups attached to an aromatic ring is 1. The lowest BCUT2D eigenvalue weighted by Crippen LogP contribution is -2.32. The van der Waals surface area contributed by atoms with E-state index in [1.54, 1.807) is 16.3 Å². The van der Waals surface area contributed by atoms with E-state index in [0.29, 0.717) is 12.4 Å². The van der Waals surface area contributed by atoms with E-state index >= 15 is 0 Å². The van der Waals surface area contributed by atoms with Crippen LogP contribution in [0.4, 0.5) is 5.82 Å². The van der Waals surface area contributed by atoms with Crippen molar-refractivity contribution in [2.24, 2.45) is 0 Å². The van der Waals surface area contributed by atoms with Crippen LogP contribution in [0.25, 0.3) is 10.8 Å². The van der Waals surface area contributed by atoms with Crippen LogP contribution in [0.2, 0.25) is 0 Å². The molecule has 1 aromatic heterocycles. The van der Waals surface area contributed by atoms with Gasteiger partial charge in [-0.2, -0.15) is 11.8 Å². The Morgan fingerprint density at radius 3 is 2.67 bits per heavy atom. The van der Waals surface area contributed by atoms with Crippen LogP contribution in [-0.2, 0) is 6.54 Å². The van der Waals surface area contributed by atoms with E-state index in [-0.39, 0.29) is 10.3 Å². The molecule has 4 heteroatoms. The van der Waals surface area contributed by atoms with Crippen LogP contribution in [0.1, 0.15) is 13.8 Å². The van der Waals surface area contributed by atoms with Crippen LogP contribution in [0.5, 0.6) is 0 Å². The Kier molecular flexibility index (Phi) is 3.39. The predicted molar refractivity (Wildman–Crippen MR) is 80.2 cm³/mol. The van der Waals surface area contributed by atoms with Crippen molar-refractivity contribution in [1.82, 2.24) is 4.57 Å². The third-order valence-electron chi connectivity index (χ3n) is 3.14. The van der Waals surface area contributed by atoms with E-state index in [1.807, 2.05) is 36.6 Å². The zero-order valence-electron chi connectivity index (χ0n) is 10.9. The molecule has 0 aliphatic heterocycles. The number of aromatic nitrogens is 1. The van der Waals surface area contributed by atoms with Crippen molar-refractivity contribution in [2.45, 2.75) is 25.1 Å². The summed E-state index contributed by atoms with van der Waals surface area (Å²) in [5, 5.41) is 1.63. The van der Waals surface area contributed by atoms with Crippen molar-refractivity contribution in [1.29, 1.82) is 0 Å². The lowest BCUT2D eigenvalue weighted by molar-refractivity contribution is 0.562. The minimum Gasteiger partial charge on any atom is -0.385 e. The highest BCUT2D eigenvalue weighted by atomic mass is 32.2. The minimum absolute atomic E-state index is 0.00674. The summed E-state index contributed by atoms with van der Waals surface area (Å²) >= 11 is 1.73. The number of benzene rings is 1. The van der Waals surface area contributed by atoms with Gasteiger partial charge in [-0.25, -0.2) is 0 Å². The standard InChI is InChI=1S/C14H18N2OS/c1-14(2,18-3)9-16-12(15)8-10-6-4-5-7-11(10)13(16)17/h4-8H,9,15H2,1-3H3. The first-order valence-corrected chi connectivity index (χ1v) is 7.10. The Bertz CT molecular complexity index is 631. The average molecular weight is 262 g/mol. The van der Waals surface area contributed by atoms with E-state index in [1.165, 1.54) is 0 Å². The molecule has 3 nitrogen and oxygen atoms in total. The second kappa shape index (κ2) is 4.69. The first-order valence-electron chi connectivity index (χ1n) is 5.88. The molecule has 0 saturated heterocycles. The predicted octanol–water partition coefficient (Wildman–Crippen LogP) is 2.73. The van der Waals surface area contributed by atoms with Crippen molar-refractivity contribution in [2.75, 3.05) is 12.0 Å². The maximum atomic E-state index is 12.4. The summed E-state index contributed by atoms with van der Waals surface area (Å²) in [6.45, 7) is 4.83. The molecule has 0 unspecified atom stereocenters. The minimum atomic E-state index is -0.0135. The zero-order valence-corrected chi connectivity index (χ0v) is 11.8. The van der Waals surface area contributed by atoms with Crippen molar-refractivity contribution in [3.05, 3.63) is 40.7 Å². The molecule has 0 spiro atoms. The number of nitrogens with two attached hydrogens (primary N) is 1. The monoisotopic (exact) mass is 262 g/mol. The van der Waals surface area contributed by atoms with Gasteiger partial charge in [0, 0.05) is 16.7 Å². The molecule has 2 rings (SSSR count). The highest BCUT2D eigenvalue weighted by Crippen LogP contribution is 2.24. The van der Waals surface area contributed by atoms with Crippen molar-refractivity contribution in [3.8, 4) is 0 Å². The summed E-state index contributed by atoms with van der Waals surface area (Å²) in [4.78, 5) is 12.4. The maximum absolute atomic E-state index is 12.4. The summed E-state index contributed by atoms with van der Waals surface area (Å²) in [6.07, 6.45) is 2.04. The molecule has 2 aromatic rings. The van der Waals surface area contributed by atoms with Gasteiger partial charge in [-0.1, -0.05) is 18.2 Å². The number of rotatable bonds is 3. The van der Waals surface area contributed by atoms with Crippen molar-refractivity contribution < 1.29 is 0 Å². The van der Waals surface area contributed by atoms with Gasteiger partial charge in [0.1, 0.15) is 5.82 Å². The Morgan fingerprint density at radius 1 is 1.33 bits per heavy atom. The molecule has 0 radical (unpaired) electrons. The lowest BCUT2D eigenvalue weighted by atomic mass is 10.1. The van der Waals surface area contributed by atoms with Gasteiger partial charge in [-0.05, 0) is 37.6 Å². The quantitative estimate of drug-likeness (QED) is 0.925. The normalized spacial score (nSPS) is 11.9. The molecular formula is C14H18N2OS.